The molecule has 3 heterocycles. The van der Waals surface area contributed by atoms with Gasteiger partial charge in [0.1, 0.15) is 17.8 Å². The first-order valence-corrected chi connectivity index (χ1v) is 11.9. The first-order chi connectivity index (χ1) is 16.9. The first-order valence-electron chi connectivity index (χ1n) is 11.9. The molecule has 8 heteroatoms. The summed E-state index contributed by atoms with van der Waals surface area (Å²) in [6, 6.07) is 19.8. The van der Waals surface area contributed by atoms with Crippen LogP contribution in [0.2, 0.25) is 0 Å². The van der Waals surface area contributed by atoms with E-state index in [2.05, 4.69) is 4.98 Å². The number of benzene rings is 2. The van der Waals surface area contributed by atoms with Crippen LogP contribution in [0.25, 0.3) is 0 Å². The predicted octanol–water partition coefficient (Wildman–Crippen LogP) is 3.09. The Balaban J connectivity index is 1.45. The van der Waals surface area contributed by atoms with Gasteiger partial charge in [-0.05, 0) is 25.0 Å². The Morgan fingerprint density at radius 3 is 2.37 bits per heavy atom. The minimum absolute atomic E-state index is 0.124. The molecule has 0 saturated carbocycles. The molecule has 35 heavy (non-hydrogen) atoms. The van der Waals surface area contributed by atoms with E-state index >= 15 is 0 Å². The monoisotopic (exact) mass is 478 g/mol. The van der Waals surface area contributed by atoms with Gasteiger partial charge < -0.3 is 18.9 Å². The molecular formula is C27H30N2O6. The maximum atomic E-state index is 12.7. The van der Waals surface area contributed by atoms with E-state index in [1.807, 2.05) is 67.6 Å². The zero-order chi connectivity index (χ0) is 24.4. The molecule has 0 amide bonds. The molecular weight excluding hydrogens is 448 g/mol. The molecule has 0 unspecified atom stereocenters. The van der Waals surface area contributed by atoms with Gasteiger partial charge in [0.05, 0.1) is 25.9 Å². The molecule has 2 aromatic carbocycles. The fourth-order valence-electron chi connectivity index (χ4n) is 5.02. The first kappa shape index (κ1) is 23.7. The SMILES string of the molecule is Cc1cn([C@@H]2O[C@@]3(COCc4ccccc4)C[C@H](C)O[C@@H]2[C@@H]3OCc2ccccc2)c(=O)[nH]c1=O. The smallest absolute Gasteiger partial charge is 0.330 e. The Kier molecular flexibility index (Phi) is 6.71. The number of H-pyrrole nitrogens is 1. The number of nitrogens with one attached hydrogen (secondary N) is 1. The standard InChI is InChI=1S/C27H30N2O6/c1-18-14-29(26(31)28-24(18)30)25-22-23(33-16-21-11-7-4-8-12-21)27(35-25,13-19(2)34-22)17-32-15-20-9-5-3-6-10-20/h3-12,14,19,22-23,25H,13,15-17H2,1-2H3,(H,28,30,31)/t19-,22+,23-,25+,27+/m0/s1. The largest absolute Gasteiger partial charge is 0.374 e. The van der Waals surface area contributed by atoms with Crippen LogP contribution in [-0.4, -0.2) is 40.1 Å². The van der Waals surface area contributed by atoms with Crippen LogP contribution in [0, 0.1) is 6.92 Å². The number of aromatic nitrogens is 2. The molecule has 5 rings (SSSR count). The fourth-order valence-corrected chi connectivity index (χ4v) is 5.02. The maximum absolute atomic E-state index is 12.7. The number of fused-ring (bicyclic) bond motifs is 2. The fraction of sp³-hybridized carbons (Fsp3) is 0.407. The quantitative estimate of drug-likeness (QED) is 0.535. The van der Waals surface area contributed by atoms with Gasteiger partial charge in [-0.1, -0.05) is 60.7 Å². The van der Waals surface area contributed by atoms with E-state index in [0.717, 1.165) is 11.1 Å². The molecule has 1 N–H and O–H groups in total. The van der Waals surface area contributed by atoms with Gasteiger partial charge in [-0.3, -0.25) is 14.3 Å². The second kappa shape index (κ2) is 9.91. The van der Waals surface area contributed by atoms with E-state index in [9.17, 15) is 9.59 Å². The van der Waals surface area contributed by atoms with E-state index < -0.39 is 35.3 Å². The molecule has 0 aliphatic carbocycles. The van der Waals surface area contributed by atoms with Crippen LogP contribution in [0.5, 0.6) is 0 Å². The molecule has 8 nitrogen and oxygen atoms in total. The highest BCUT2D eigenvalue weighted by atomic mass is 16.6. The number of hydrogen-bond donors (Lipinski definition) is 1. The van der Waals surface area contributed by atoms with E-state index in [4.69, 9.17) is 18.9 Å². The summed E-state index contributed by atoms with van der Waals surface area (Å²) in [7, 11) is 0. The topological polar surface area (TPSA) is 91.8 Å². The van der Waals surface area contributed by atoms with Crippen molar-refractivity contribution in [2.45, 2.75) is 63.6 Å². The van der Waals surface area contributed by atoms with Crippen LogP contribution in [0.15, 0.2) is 76.4 Å². The molecule has 0 spiro atoms. The van der Waals surface area contributed by atoms with Gasteiger partial charge >= 0.3 is 5.69 Å². The van der Waals surface area contributed by atoms with Gasteiger partial charge in [-0.15, -0.1) is 0 Å². The predicted molar refractivity (Wildman–Crippen MR) is 129 cm³/mol. The summed E-state index contributed by atoms with van der Waals surface area (Å²) in [4.78, 5) is 27.1. The molecule has 2 saturated heterocycles. The van der Waals surface area contributed by atoms with Crippen molar-refractivity contribution >= 4 is 0 Å². The summed E-state index contributed by atoms with van der Waals surface area (Å²) in [6.45, 7) is 4.72. The molecule has 2 fully saturated rings. The van der Waals surface area contributed by atoms with Gasteiger partial charge in [0.15, 0.2) is 6.23 Å². The molecule has 2 aliphatic rings. The number of aryl methyl sites for hydroxylation is 1. The van der Waals surface area contributed by atoms with E-state index in [1.54, 1.807) is 6.92 Å². The van der Waals surface area contributed by atoms with Crippen molar-refractivity contribution < 1.29 is 18.9 Å². The second-order valence-corrected chi connectivity index (χ2v) is 9.36. The van der Waals surface area contributed by atoms with Crippen LogP contribution < -0.4 is 11.2 Å². The van der Waals surface area contributed by atoms with E-state index in [0.29, 0.717) is 25.2 Å². The Morgan fingerprint density at radius 2 is 1.69 bits per heavy atom. The van der Waals surface area contributed by atoms with Gasteiger partial charge in [0, 0.05) is 18.2 Å². The van der Waals surface area contributed by atoms with Crippen LogP contribution >= 0.6 is 0 Å². The second-order valence-electron chi connectivity index (χ2n) is 9.36. The molecule has 2 bridgehead atoms. The Bertz CT molecular complexity index is 1260. The lowest BCUT2D eigenvalue weighted by Crippen LogP contribution is -2.55. The molecule has 184 valence electrons. The van der Waals surface area contributed by atoms with E-state index in [-0.39, 0.29) is 12.7 Å². The number of rotatable bonds is 8. The summed E-state index contributed by atoms with van der Waals surface area (Å²) in [5, 5.41) is 0. The van der Waals surface area contributed by atoms with Gasteiger partial charge in [-0.25, -0.2) is 4.79 Å². The average Bonchev–Trinajstić information content (AvgIpc) is 3.04. The van der Waals surface area contributed by atoms with Crippen molar-refractivity contribution in [3.05, 3.63) is 104 Å². The summed E-state index contributed by atoms with van der Waals surface area (Å²) in [5.41, 5.74) is 0.721. The minimum atomic E-state index is -0.819. The number of hydrogen-bond acceptors (Lipinski definition) is 6. The van der Waals surface area contributed by atoms with Crippen LogP contribution in [0.4, 0.5) is 0 Å². The number of ether oxygens (including phenoxy) is 4. The number of aromatic amines is 1. The normalized spacial score (nSPS) is 27.7. The summed E-state index contributed by atoms with van der Waals surface area (Å²) < 4.78 is 26.9. The third-order valence-corrected chi connectivity index (χ3v) is 6.63. The number of nitrogens with zero attached hydrogens (tertiary/aromatic N) is 1. The third-order valence-electron chi connectivity index (χ3n) is 6.63. The summed E-state index contributed by atoms with van der Waals surface area (Å²) in [6.07, 6.45) is 0.161. The van der Waals surface area contributed by atoms with Crippen molar-refractivity contribution in [1.29, 1.82) is 0 Å². The summed E-state index contributed by atoms with van der Waals surface area (Å²) >= 11 is 0. The Hall–Kier alpha value is -3.04. The lowest BCUT2D eigenvalue weighted by molar-refractivity contribution is -0.193. The van der Waals surface area contributed by atoms with Crippen molar-refractivity contribution in [2.75, 3.05) is 6.61 Å². The van der Waals surface area contributed by atoms with Crippen LogP contribution in [-0.2, 0) is 32.2 Å². The zero-order valence-electron chi connectivity index (χ0n) is 19.9. The van der Waals surface area contributed by atoms with Crippen molar-refractivity contribution in [2.24, 2.45) is 0 Å². The maximum Gasteiger partial charge on any atom is 0.330 e. The van der Waals surface area contributed by atoms with Crippen molar-refractivity contribution in [3.8, 4) is 0 Å². The van der Waals surface area contributed by atoms with E-state index in [1.165, 1.54) is 10.8 Å². The highest BCUT2D eigenvalue weighted by molar-refractivity contribution is 5.16. The molecule has 1 aromatic heterocycles. The molecule has 3 aromatic rings. The third kappa shape index (κ3) is 4.88. The highest BCUT2D eigenvalue weighted by Crippen LogP contribution is 2.48. The molecule has 2 aliphatic heterocycles. The zero-order valence-corrected chi connectivity index (χ0v) is 19.9. The Morgan fingerprint density at radius 1 is 1.03 bits per heavy atom. The van der Waals surface area contributed by atoms with Gasteiger partial charge in [-0.2, -0.15) is 0 Å². The molecule has 5 atom stereocenters. The van der Waals surface area contributed by atoms with Crippen LogP contribution in [0.1, 0.15) is 36.3 Å². The Labute approximate surface area is 203 Å². The van der Waals surface area contributed by atoms with Gasteiger partial charge in [0.25, 0.3) is 5.56 Å². The van der Waals surface area contributed by atoms with Crippen molar-refractivity contribution in [1.82, 2.24) is 9.55 Å². The lowest BCUT2D eigenvalue weighted by Gasteiger charge is -2.41. The van der Waals surface area contributed by atoms with Gasteiger partial charge in [0.2, 0.25) is 0 Å². The average molecular weight is 479 g/mol. The van der Waals surface area contributed by atoms with Crippen LogP contribution in [0.3, 0.4) is 0 Å². The summed E-state index contributed by atoms with van der Waals surface area (Å²) in [5.74, 6) is 0. The minimum Gasteiger partial charge on any atom is -0.374 e. The lowest BCUT2D eigenvalue weighted by atomic mass is 9.87. The molecule has 0 radical (unpaired) electrons. The highest BCUT2D eigenvalue weighted by Gasteiger charge is 2.61. The van der Waals surface area contributed by atoms with Crippen molar-refractivity contribution in [3.63, 3.8) is 0 Å².